The number of nitrogens with zero attached hydrogens (tertiary/aromatic N) is 3. The Kier molecular flexibility index (Phi) is 5.78. The molecule has 0 spiro atoms. The second kappa shape index (κ2) is 7.80. The number of halogens is 1. The van der Waals surface area contributed by atoms with Crippen molar-refractivity contribution < 1.29 is 9.53 Å². The minimum atomic E-state index is 0.0934. The Morgan fingerprint density at radius 1 is 1.33 bits per heavy atom. The third-order valence-electron chi connectivity index (χ3n) is 3.46. The van der Waals surface area contributed by atoms with Crippen LogP contribution in [0.25, 0.3) is 0 Å². The van der Waals surface area contributed by atoms with Gasteiger partial charge >= 0.3 is 0 Å². The van der Waals surface area contributed by atoms with Gasteiger partial charge in [-0.3, -0.25) is 4.79 Å². The van der Waals surface area contributed by atoms with Crippen molar-refractivity contribution >= 4 is 17.5 Å². The summed E-state index contributed by atoms with van der Waals surface area (Å²) in [6.45, 7) is 1.78. The van der Waals surface area contributed by atoms with Gasteiger partial charge in [0, 0.05) is 32.3 Å². The fourth-order valence-electron chi connectivity index (χ4n) is 2.11. The molecule has 0 aliphatic carbocycles. The molecule has 0 aliphatic heterocycles. The molecule has 0 saturated heterocycles. The van der Waals surface area contributed by atoms with Crippen molar-refractivity contribution in [2.75, 3.05) is 14.1 Å². The molecule has 1 aromatic heterocycles. The monoisotopic (exact) mass is 343 g/mol. The van der Waals surface area contributed by atoms with Crippen LogP contribution >= 0.6 is 11.6 Å². The number of hydrogen-bond acceptors (Lipinski definition) is 4. The number of nitriles is 1. The van der Waals surface area contributed by atoms with E-state index in [1.165, 1.54) is 0 Å². The van der Waals surface area contributed by atoms with Crippen LogP contribution < -0.4 is 4.74 Å². The number of aromatic nitrogens is 1. The normalized spacial score (nSPS) is 10.1. The average molecular weight is 344 g/mol. The van der Waals surface area contributed by atoms with E-state index in [1.807, 2.05) is 18.2 Å². The van der Waals surface area contributed by atoms with Gasteiger partial charge < -0.3 is 9.64 Å². The fraction of sp³-hybridized carbons (Fsp3) is 0.278. The lowest BCUT2D eigenvalue weighted by molar-refractivity contribution is -0.128. The van der Waals surface area contributed by atoms with Crippen LogP contribution in [-0.2, 0) is 11.2 Å². The first-order valence-electron chi connectivity index (χ1n) is 7.45. The maximum Gasteiger partial charge on any atom is 0.222 e. The Morgan fingerprint density at radius 2 is 2.00 bits per heavy atom. The van der Waals surface area contributed by atoms with Crippen molar-refractivity contribution in [3.05, 3.63) is 52.3 Å². The highest BCUT2D eigenvalue weighted by Crippen LogP contribution is 2.29. The quantitative estimate of drug-likeness (QED) is 0.776. The van der Waals surface area contributed by atoms with E-state index >= 15 is 0 Å². The van der Waals surface area contributed by atoms with Gasteiger partial charge in [-0.1, -0.05) is 23.7 Å². The SMILES string of the molecule is Cc1cc(Oc2ccc(CCC(=O)N(C)C)cc2)c(C#N)c(Cl)n1. The van der Waals surface area contributed by atoms with Gasteiger partial charge in [0.15, 0.2) is 5.15 Å². The van der Waals surface area contributed by atoms with E-state index in [-0.39, 0.29) is 16.6 Å². The molecule has 124 valence electrons. The number of benzene rings is 1. The fourth-order valence-corrected chi connectivity index (χ4v) is 2.38. The number of amides is 1. The number of rotatable bonds is 5. The molecule has 1 aromatic carbocycles. The van der Waals surface area contributed by atoms with Crippen LogP contribution in [0.5, 0.6) is 11.5 Å². The second-order valence-corrected chi connectivity index (χ2v) is 5.93. The van der Waals surface area contributed by atoms with Gasteiger partial charge in [0.05, 0.1) is 0 Å². The smallest absolute Gasteiger partial charge is 0.222 e. The van der Waals surface area contributed by atoms with E-state index < -0.39 is 0 Å². The summed E-state index contributed by atoms with van der Waals surface area (Å²) in [5.41, 5.74) is 1.93. The summed E-state index contributed by atoms with van der Waals surface area (Å²) in [6, 6.07) is 11.1. The van der Waals surface area contributed by atoms with Gasteiger partial charge in [-0.2, -0.15) is 5.26 Å². The van der Waals surface area contributed by atoms with Crippen LogP contribution in [0.15, 0.2) is 30.3 Å². The molecule has 0 aliphatic rings. The Morgan fingerprint density at radius 3 is 2.58 bits per heavy atom. The van der Waals surface area contributed by atoms with Crippen molar-refractivity contribution in [3.63, 3.8) is 0 Å². The van der Waals surface area contributed by atoms with Gasteiger partial charge in [-0.05, 0) is 31.0 Å². The lowest BCUT2D eigenvalue weighted by Gasteiger charge is -2.11. The predicted octanol–water partition coefficient (Wildman–Crippen LogP) is 3.73. The first-order chi connectivity index (χ1) is 11.4. The van der Waals surface area contributed by atoms with Crippen LogP contribution in [0.3, 0.4) is 0 Å². The van der Waals surface area contributed by atoms with Crippen LogP contribution in [0.4, 0.5) is 0 Å². The molecule has 0 N–H and O–H groups in total. The lowest BCUT2D eigenvalue weighted by Crippen LogP contribution is -2.21. The third kappa shape index (κ3) is 4.46. The van der Waals surface area contributed by atoms with Crippen molar-refractivity contribution in [3.8, 4) is 17.6 Å². The summed E-state index contributed by atoms with van der Waals surface area (Å²) in [5, 5.41) is 9.32. The van der Waals surface area contributed by atoms with Gasteiger partial charge in [0.2, 0.25) is 5.91 Å². The molecule has 0 radical (unpaired) electrons. The molecule has 0 fully saturated rings. The van der Waals surface area contributed by atoms with E-state index in [2.05, 4.69) is 4.98 Å². The number of ether oxygens (including phenoxy) is 1. The molecular weight excluding hydrogens is 326 g/mol. The molecule has 2 aromatic rings. The molecule has 1 heterocycles. The molecule has 0 atom stereocenters. The summed E-state index contributed by atoms with van der Waals surface area (Å²) in [7, 11) is 3.49. The third-order valence-corrected chi connectivity index (χ3v) is 3.73. The number of aryl methyl sites for hydroxylation is 2. The Hall–Kier alpha value is -2.58. The molecule has 0 unspecified atom stereocenters. The van der Waals surface area contributed by atoms with Gasteiger partial charge in [0.25, 0.3) is 0 Å². The number of hydrogen-bond donors (Lipinski definition) is 0. The van der Waals surface area contributed by atoms with Gasteiger partial charge in [-0.25, -0.2) is 4.98 Å². The minimum absolute atomic E-state index is 0.0934. The second-order valence-electron chi connectivity index (χ2n) is 5.57. The van der Waals surface area contributed by atoms with E-state index in [4.69, 9.17) is 16.3 Å². The zero-order chi connectivity index (χ0) is 17.7. The molecular formula is C18H18ClN3O2. The summed E-state index contributed by atoms with van der Waals surface area (Å²) in [5.74, 6) is 1.07. The summed E-state index contributed by atoms with van der Waals surface area (Å²) in [4.78, 5) is 17.2. The number of carbonyl (C=O) groups excluding carboxylic acids is 1. The lowest BCUT2D eigenvalue weighted by atomic mass is 10.1. The van der Waals surface area contributed by atoms with Crippen molar-refractivity contribution in [1.29, 1.82) is 5.26 Å². The predicted molar refractivity (Wildman–Crippen MR) is 92.2 cm³/mol. The van der Waals surface area contributed by atoms with Gasteiger partial charge in [-0.15, -0.1) is 0 Å². The number of pyridine rings is 1. The molecule has 0 saturated carbocycles. The van der Waals surface area contributed by atoms with E-state index in [9.17, 15) is 10.1 Å². The van der Waals surface area contributed by atoms with E-state index in [0.29, 0.717) is 30.0 Å². The van der Waals surface area contributed by atoms with Crippen LogP contribution in [-0.4, -0.2) is 29.9 Å². The molecule has 6 heteroatoms. The van der Waals surface area contributed by atoms with Crippen LogP contribution in [0.2, 0.25) is 5.15 Å². The van der Waals surface area contributed by atoms with Crippen LogP contribution in [0, 0.1) is 18.3 Å². The molecule has 5 nitrogen and oxygen atoms in total. The average Bonchev–Trinajstić information content (AvgIpc) is 2.53. The Balaban J connectivity index is 2.10. The van der Waals surface area contributed by atoms with Crippen molar-refractivity contribution in [2.24, 2.45) is 0 Å². The zero-order valence-electron chi connectivity index (χ0n) is 13.8. The van der Waals surface area contributed by atoms with Crippen molar-refractivity contribution in [1.82, 2.24) is 9.88 Å². The summed E-state index contributed by atoms with van der Waals surface area (Å²) < 4.78 is 5.76. The highest BCUT2D eigenvalue weighted by atomic mass is 35.5. The first kappa shape index (κ1) is 17.8. The topological polar surface area (TPSA) is 66.2 Å². The molecule has 24 heavy (non-hydrogen) atoms. The van der Waals surface area contributed by atoms with Crippen LogP contribution in [0.1, 0.15) is 23.2 Å². The Bertz CT molecular complexity index is 780. The largest absolute Gasteiger partial charge is 0.456 e. The molecule has 0 bridgehead atoms. The summed E-state index contributed by atoms with van der Waals surface area (Å²) in [6.07, 6.45) is 1.13. The zero-order valence-corrected chi connectivity index (χ0v) is 14.6. The van der Waals surface area contributed by atoms with E-state index in [0.717, 1.165) is 5.56 Å². The van der Waals surface area contributed by atoms with Gasteiger partial charge in [0.1, 0.15) is 23.1 Å². The van der Waals surface area contributed by atoms with E-state index in [1.54, 1.807) is 44.1 Å². The number of carbonyl (C=O) groups is 1. The highest BCUT2D eigenvalue weighted by Gasteiger charge is 2.12. The first-order valence-corrected chi connectivity index (χ1v) is 7.82. The van der Waals surface area contributed by atoms with Crippen molar-refractivity contribution in [2.45, 2.75) is 19.8 Å². The standard InChI is InChI=1S/C18H18ClN3O2/c1-12-10-16(15(11-20)18(19)21-12)24-14-7-4-13(5-8-14)6-9-17(23)22(2)3/h4-5,7-8,10H,6,9H2,1-3H3. The molecule has 1 amide bonds. The highest BCUT2D eigenvalue weighted by molar-refractivity contribution is 6.30. The Labute approximate surface area is 146 Å². The maximum absolute atomic E-state index is 11.6. The molecule has 2 rings (SSSR count). The maximum atomic E-state index is 11.6. The summed E-state index contributed by atoms with van der Waals surface area (Å²) >= 11 is 5.97. The minimum Gasteiger partial charge on any atom is -0.456 e.